The van der Waals surface area contributed by atoms with Crippen LogP contribution < -0.4 is 4.74 Å². The van der Waals surface area contributed by atoms with Crippen LogP contribution in [0.1, 0.15) is 33.0 Å². The van der Waals surface area contributed by atoms with Crippen molar-refractivity contribution in [1.82, 2.24) is 9.88 Å². The smallest absolute Gasteiger partial charge is 0.337 e. The van der Waals surface area contributed by atoms with Gasteiger partial charge in [-0.1, -0.05) is 0 Å². The van der Waals surface area contributed by atoms with Gasteiger partial charge in [0.05, 0.1) is 17.9 Å². The lowest BCUT2D eigenvalue weighted by atomic mass is 10.2. The van der Waals surface area contributed by atoms with Gasteiger partial charge in [0.25, 0.3) is 5.91 Å². The average molecular weight is 346 g/mol. The molecule has 0 fully saturated rings. The predicted octanol–water partition coefficient (Wildman–Crippen LogP) is 2.77. The number of carboxylic acids is 1. The van der Waals surface area contributed by atoms with E-state index < -0.39 is 5.97 Å². The third kappa shape index (κ3) is 5.00. The first-order chi connectivity index (χ1) is 11.9. The normalized spacial score (nSPS) is 10.4. The second kappa shape index (κ2) is 8.23. The van der Waals surface area contributed by atoms with Crippen molar-refractivity contribution in [1.29, 1.82) is 0 Å². The zero-order chi connectivity index (χ0) is 18.4. The molecule has 0 bridgehead atoms. The topological polar surface area (TPSA) is 79.7 Å². The van der Waals surface area contributed by atoms with E-state index in [0.717, 1.165) is 0 Å². The van der Waals surface area contributed by atoms with Crippen molar-refractivity contribution in [3.63, 3.8) is 0 Å². The zero-order valence-corrected chi connectivity index (χ0v) is 14.0. The highest BCUT2D eigenvalue weighted by Gasteiger charge is 2.16. The van der Waals surface area contributed by atoms with Gasteiger partial charge in [0.15, 0.2) is 0 Å². The summed E-state index contributed by atoms with van der Waals surface area (Å²) in [6, 6.07) is 8.51. The molecule has 0 radical (unpaired) electrons. The van der Waals surface area contributed by atoms with Crippen LogP contribution in [0.4, 0.5) is 4.39 Å². The number of hydrogen-bond acceptors (Lipinski definition) is 4. The summed E-state index contributed by atoms with van der Waals surface area (Å²) in [5.41, 5.74) is 0.572. The first kappa shape index (κ1) is 18.4. The van der Waals surface area contributed by atoms with Crippen molar-refractivity contribution in [3.05, 3.63) is 59.2 Å². The molecule has 2 rings (SSSR count). The van der Waals surface area contributed by atoms with E-state index in [-0.39, 0.29) is 23.0 Å². The maximum Gasteiger partial charge on any atom is 0.337 e. The Bertz CT molecular complexity index is 762. The number of aromatic carboxylic acids is 1. The van der Waals surface area contributed by atoms with E-state index in [1.807, 2.05) is 0 Å². The highest BCUT2D eigenvalue weighted by Crippen LogP contribution is 2.12. The van der Waals surface area contributed by atoms with Crippen molar-refractivity contribution >= 4 is 11.9 Å². The van der Waals surface area contributed by atoms with Crippen LogP contribution in [0.2, 0.25) is 0 Å². The summed E-state index contributed by atoms with van der Waals surface area (Å²) in [7, 11) is 1.64. The van der Waals surface area contributed by atoms with Gasteiger partial charge in [0.2, 0.25) is 0 Å². The summed E-state index contributed by atoms with van der Waals surface area (Å²) in [5, 5.41) is 8.99. The SMILES string of the molecule is Cc1nc(C(=O)N(C)CCCOc2ccc(F)cc2)ccc1C(=O)O. The molecule has 0 saturated heterocycles. The number of amides is 1. The number of carboxylic acid groups (broad SMARTS) is 1. The molecule has 2 aromatic rings. The van der Waals surface area contributed by atoms with Crippen molar-refractivity contribution in [2.45, 2.75) is 13.3 Å². The zero-order valence-electron chi connectivity index (χ0n) is 14.0. The number of carbonyl (C=O) groups excluding carboxylic acids is 1. The molecule has 1 amide bonds. The lowest BCUT2D eigenvalue weighted by Gasteiger charge is -2.17. The van der Waals surface area contributed by atoms with Crippen LogP contribution in [0.5, 0.6) is 5.75 Å². The van der Waals surface area contributed by atoms with Crippen molar-refractivity contribution in [3.8, 4) is 5.75 Å². The Kier molecular flexibility index (Phi) is 6.05. The van der Waals surface area contributed by atoms with E-state index in [4.69, 9.17) is 9.84 Å². The molecule has 25 heavy (non-hydrogen) atoms. The lowest BCUT2D eigenvalue weighted by molar-refractivity contribution is 0.0693. The molecule has 1 heterocycles. The van der Waals surface area contributed by atoms with Crippen LogP contribution >= 0.6 is 0 Å². The van der Waals surface area contributed by atoms with Gasteiger partial charge >= 0.3 is 5.97 Å². The fourth-order valence-electron chi connectivity index (χ4n) is 2.23. The van der Waals surface area contributed by atoms with Gasteiger partial charge in [-0.05, 0) is 49.7 Å². The summed E-state index contributed by atoms with van der Waals surface area (Å²) >= 11 is 0. The number of halogens is 1. The van der Waals surface area contributed by atoms with Crippen LogP contribution in [0, 0.1) is 12.7 Å². The molecule has 0 aliphatic carbocycles. The Morgan fingerprint density at radius 1 is 1.20 bits per heavy atom. The second-order valence-corrected chi connectivity index (χ2v) is 5.52. The Balaban J connectivity index is 1.84. The molecule has 0 spiro atoms. The summed E-state index contributed by atoms with van der Waals surface area (Å²) in [6.45, 7) is 2.38. The predicted molar refractivity (Wildman–Crippen MR) is 89.4 cm³/mol. The summed E-state index contributed by atoms with van der Waals surface area (Å²) in [6.07, 6.45) is 0.589. The van der Waals surface area contributed by atoms with Crippen LogP contribution in [-0.2, 0) is 0 Å². The van der Waals surface area contributed by atoms with Crippen LogP contribution in [0.15, 0.2) is 36.4 Å². The molecule has 0 atom stereocenters. The minimum atomic E-state index is -1.07. The minimum Gasteiger partial charge on any atom is -0.494 e. The van der Waals surface area contributed by atoms with E-state index in [1.165, 1.54) is 29.2 Å². The quantitative estimate of drug-likeness (QED) is 0.780. The van der Waals surface area contributed by atoms with Gasteiger partial charge in [-0.3, -0.25) is 4.79 Å². The van der Waals surface area contributed by atoms with Gasteiger partial charge in [-0.2, -0.15) is 0 Å². The molecule has 0 saturated carbocycles. The van der Waals surface area contributed by atoms with Crippen LogP contribution in [-0.4, -0.2) is 47.1 Å². The molecule has 1 aromatic heterocycles. The highest BCUT2D eigenvalue weighted by molar-refractivity contribution is 5.94. The summed E-state index contributed by atoms with van der Waals surface area (Å²) in [4.78, 5) is 28.8. The molecule has 0 unspecified atom stereocenters. The van der Waals surface area contributed by atoms with E-state index in [0.29, 0.717) is 31.0 Å². The Labute approximate surface area is 144 Å². The van der Waals surface area contributed by atoms with Gasteiger partial charge < -0.3 is 14.7 Å². The molecule has 132 valence electrons. The fourth-order valence-corrected chi connectivity index (χ4v) is 2.23. The molecule has 0 aliphatic rings. The molecule has 1 aromatic carbocycles. The maximum absolute atomic E-state index is 12.8. The number of rotatable bonds is 7. The van der Waals surface area contributed by atoms with Crippen molar-refractivity contribution in [2.24, 2.45) is 0 Å². The Hall–Kier alpha value is -2.96. The number of hydrogen-bond donors (Lipinski definition) is 1. The third-order valence-corrected chi connectivity index (χ3v) is 3.60. The van der Waals surface area contributed by atoms with E-state index >= 15 is 0 Å². The Morgan fingerprint density at radius 2 is 1.88 bits per heavy atom. The first-order valence-electron chi connectivity index (χ1n) is 7.73. The lowest BCUT2D eigenvalue weighted by Crippen LogP contribution is -2.29. The standard InChI is InChI=1S/C18H19FN2O4/c1-12-15(18(23)24)8-9-16(20-12)17(22)21(2)10-3-11-25-14-6-4-13(19)5-7-14/h4-9H,3,10-11H2,1-2H3,(H,23,24). The number of ether oxygens (including phenoxy) is 1. The number of benzene rings is 1. The number of pyridine rings is 1. The fraction of sp³-hybridized carbons (Fsp3) is 0.278. The molecular weight excluding hydrogens is 327 g/mol. The van der Waals surface area contributed by atoms with E-state index in [9.17, 15) is 14.0 Å². The highest BCUT2D eigenvalue weighted by atomic mass is 19.1. The molecule has 6 nitrogen and oxygen atoms in total. The minimum absolute atomic E-state index is 0.0758. The van der Waals surface area contributed by atoms with E-state index in [1.54, 1.807) is 26.1 Å². The van der Waals surface area contributed by atoms with Gasteiger partial charge in [-0.25, -0.2) is 14.2 Å². The van der Waals surface area contributed by atoms with Crippen molar-refractivity contribution in [2.75, 3.05) is 20.2 Å². The molecule has 1 N–H and O–H groups in total. The monoisotopic (exact) mass is 346 g/mol. The molecular formula is C18H19FN2O4. The van der Waals surface area contributed by atoms with Gasteiger partial charge in [0.1, 0.15) is 17.3 Å². The average Bonchev–Trinajstić information content (AvgIpc) is 2.59. The van der Waals surface area contributed by atoms with Crippen LogP contribution in [0.25, 0.3) is 0 Å². The first-order valence-corrected chi connectivity index (χ1v) is 7.73. The third-order valence-electron chi connectivity index (χ3n) is 3.60. The molecule has 0 aliphatic heterocycles. The number of aromatic nitrogens is 1. The van der Waals surface area contributed by atoms with E-state index in [2.05, 4.69) is 4.98 Å². The molecule has 7 heteroatoms. The number of nitrogens with zero attached hydrogens (tertiary/aromatic N) is 2. The van der Waals surface area contributed by atoms with Gasteiger partial charge in [-0.15, -0.1) is 0 Å². The number of aryl methyl sites for hydroxylation is 1. The van der Waals surface area contributed by atoms with Crippen LogP contribution in [0.3, 0.4) is 0 Å². The summed E-state index contributed by atoms with van der Waals surface area (Å²) < 4.78 is 18.3. The number of carbonyl (C=O) groups is 2. The summed E-state index contributed by atoms with van der Waals surface area (Å²) in [5.74, 6) is -1.12. The second-order valence-electron chi connectivity index (χ2n) is 5.52. The van der Waals surface area contributed by atoms with Crippen molar-refractivity contribution < 1.29 is 23.8 Å². The maximum atomic E-state index is 12.8. The Morgan fingerprint density at radius 3 is 2.48 bits per heavy atom. The largest absolute Gasteiger partial charge is 0.494 e. The van der Waals surface area contributed by atoms with Gasteiger partial charge in [0, 0.05) is 13.6 Å².